The van der Waals surface area contributed by atoms with Gasteiger partial charge in [-0.2, -0.15) is 0 Å². The van der Waals surface area contributed by atoms with Crippen molar-refractivity contribution in [3.05, 3.63) is 82.7 Å². The fourth-order valence-electron chi connectivity index (χ4n) is 5.54. The number of benzene rings is 2. The number of amides is 2. The van der Waals surface area contributed by atoms with Gasteiger partial charge in [-0.1, -0.05) is 67.5 Å². The summed E-state index contributed by atoms with van der Waals surface area (Å²) in [7, 11) is 0. The predicted molar refractivity (Wildman–Crippen MR) is 165 cm³/mol. The largest absolute Gasteiger partial charge is 0.480 e. The molecule has 2 amide bonds. The summed E-state index contributed by atoms with van der Waals surface area (Å²) in [5.74, 6) is -1.05. The van der Waals surface area contributed by atoms with E-state index in [-0.39, 0.29) is 12.3 Å². The van der Waals surface area contributed by atoms with Gasteiger partial charge in [0.15, 0.2) is 0 Å². The van der Waals surface area contributed by atoms with E-state index in [1.54, 1.807) is 55.0 Å². The third-order valence-corrected chi connectivity index (χ3v) is 8.80. The molecule has 0 radical (unpaired) electrons. The number of thioether (sulfide) groups is 1. The standard InChI is InChI=1S/C31H28N4O5S2/c36-28(33-24(30(38)39)14-18-6-8-19(9-7-18)15-26-29(37)34-31(41)42-26)20-10-11-25-23(16-20)32-27(21-12-13-40-17-21)35(25)22-4-2-1-3-5-22/h6-13,15-17,22,24H,1-5,14H2,(H,33,36)(H,38,39)(H,34,37,41). The smallest absolute Gasteiger partial charge is 0.326 e. The highest BCUT2D eigenvalue weighted by Gasteiger charge is 2.26. The van der Waals surface area contributed by atoms with E-state index in [1.807, 2.05) is 12.1 Å². The molecule has 6 rings (SSSR count). The normalized spacial score (nSPS) is 17.5. The summed E-state index contributed by atoms with van der Waals surface area (Å²) >= 11 is 6.22. The number of aliphatic carboxylic acids is 1. The van der Waals surface area contributed by atoms with E-state index in [0.29, 0.717) is 26.3 Å². The van der Waals surface area contributed by atoms with Crippen molar-refractivity contribution >= 4 is 63.2 Å². The second-order valence-electron chi connectivity index (χ2n) is 10.5. The molecule has 2 aromatic heterocycles. The summed E-state index contributed by atoms with van der Waals surface area (Å²) < 4.78 is 8.00. The molecule has 0 bridgehead atoms. The Bertz CT molecular complexity index is 1700. The zero-order valence-corrected chi connectivity index (χ0v) is 24.2. The fraction of sp³-hybridized carbons (Fsp3) is 0.258. The van der Waals surface area contributed by atoms with Crippen LogP contribution in [0.2, 0.25) is 0 Å². The van der Waals surface area contributed by atoms with E-state index in [4.69, 9.17) is 21.6 Å². The molecule has 1 aliphatic carbocycles. The van der Waals surface area contributed by atoms with Crippen LogP contribution in [0.4, 0.5) is 0 Å². The number of hydrogen-bond acceptors (Lipinski definition) is 7. The molecule has 1 atom stereocenters. The maximum absolute atomic E-state index is 13.2. The van der Waals surface area contributed by atoms with Crippen LogP contribution in [0.1, 0.15) is 59.6 Å². The average molecular weight is 601 g/mol. The molecule has 1 saturated heterocycles. The number of fused-ring (bicyclic) bond motifs is 1. The Labute approximate surface area is 251 Å². The lowest BCUT2D eigenvalue weighted by Crippen LogP contribution is -2.42. The number of rotatable bonds is 8. The molecule has 2 fully saturated rings. The fourth-order valence-corrected chi connectivity index (χ4v) is 6.59. The molecule has 0 spiro atoms. The topological polar surface area (TPSA) is 126 Å². The maximum Gasteiger partial charge on any atom is 0.326 e. The molecule has 1 saturated carbocycles. The van der Waals surface area contributed by atoms with Gasteiger partial charge in [-0.3, -0.25) is 9.59 Å². The molecule has 2 aromatic carbocycles. The number of nitrogens with zero attached hydrogens (tertiary/aromatic N) is 2. The molecular formula is C31H28N4O5S2. The Hall–Kier alpha value is -4.22. The van der Waals surface area contributed by atoms with Crippen LogP contribution in [0, 0.1) is 0 Å². The SMILES string of the molecule is O=C1NC(=S)SC1=Cc1ccc(CC(NC(=O)c2ccc3c(c2)nc(-c2ccoc2)n3C2CCCCC2)C(=O)O)cc1. The first-order chi connectivity index (χ1) is 20.4. The molecule has 2 aliphatic rings. The summed E-state index contributed by atoms with van der Waals surface area (Å²) in [4.78, 5) is 42.6. The maximum atomic E-state index is 13.2. The summed E-state index contributed by atoms with van der Waals surface area (Å²) in [6.07, 6.45) is 10.8. The second-order valence-corrected chi connectivity index (χ2v) is 12.2. The predicted octanol–water partition coefficient (Wildman–Crippen LogP) is 5.72. The van der Waals surface area contributed by atoms with E-state index >= 15 is 0 Å². The first kappa shape index (κ1) is 27.9. The number of nitrogens with one attached hydrogen (secondary N) is 2. The number of furan rings is 1. The minimum Gasteiger partial charge on any atom is -0.480 e. The third-order valence-electron chi connectivity index (χ3n) is 7.63. The summed E-state index contributed by atoms with van der Waals surface area (Å²) in [5, 5.41) is 15.1. The Morgan fingerprint density at radius 2 is 1.95 bits per heavy atom. The number of aromatic nitrogens is 2. The van der Waals surface area contributed by atoms with Gasteiger partial charge in [-0.15, -0.1) is 0 Å². The van der Waals surface area contributed by atoms with Gasteiger partial charge in [-0.05, 0) is 54.3 Å². The van der Waals surface area contributed by atoms with Crippen molar-refractivity contribution in [3.63, 3.8) is 0 Å². The molecule has 1 aliphatic heterocycles. The molecule has 9 nitrogen and oxygen atoms in total. The van der Waals surface area contributed by atoms with E-state index in [2.05, 4.69) is 15.2 Å². The highest BCUT2D eigenvalue weighted by molar-refractivity contribution is 8.26. The summed E-state index contributed by atoms with van der Waals surface area (Å²) in [5.41, 5.74) is 4.35. The van der Waals surface area contributed by atoms with Crippen molar-refractivity contribution in [2.24, 2.45) is 0 Å². The minimum atomic E-state index is -1.13. The number of thiocarbonyl (C=S) groups is 1. The zero-order valence-electron chi connectivity index (χ0n) is 22.5. The number of imidazole rings is 1. The number of carbonyl (C=O) groups is 3. The van der Waals surface area contributed by atoms with Crippen LogP contribution in [0.25, 0.3) is 28.5 Å². The molecule has 42 heavy (non-hydrogen) atoms. The monoisotopic (exact) mass is 600 g/mol. The number of carbonyl (C=O) groups excluding carboxylic acids is 2. The van der Waals surface area contributed by atoms with Crippen LogP contribution in [0.5, 0.6) is 0 Å². The third kappa shape index (κ3) is 5.88. The zero-order chi connectivity index (χ0) is 29.2. The van der Waals surface area contributed by atoms with E-state index in [0.717, 1.165) is 53.7 Å². The van der Waals surface area contributed by atoms with Crippen LogP contribution in [0.15, 0.2) is 70.4 Å². The van der Waals surface area contributed by atoms with Gasteiger partial charge in [0.05, 0.1) is 27.8 Å². The van der Waals surface area contributed by atoms with Gasteiger partial charge in [-0.25, -0.2) is 9.78 Å². The molecule has 214 valence electrons. The Morgan fingerprint density at radius 1 is 1.17 bits per heavy atom. The molecular weight excluding hydrogens is 572 g/mol. The van der Waals surface area contributed by atoms with Gasteiger partial charge in [0, 0.05) is 18.0 Å². The van der Waals surface area contributed by atoms with Crippen molar-refractivity contribution < 1.29 is 23.9 Å². The second kappa shape index (κ2) is 11.9. The van der Waals surface area contributed by atoms with E-state index < -0.39 is 17.9 Å². The Morgan fingerprint density at radius 3 is 2.62 bits per heavy atom. The summed E-state index contributed by atoms with van der Waals surface area (Å²) in [6.45, 7) is 0. The van der Waals surface area contributed by atoms with Crippen LogP contribution in [-0.2, 0) is 16.0 Å². The van der Waals surface area contributed by atoms with Gasteiger partial charge >= 0.3 is 5.97 Å². The van der Waals surface area contributed by atoms with Crippen molar-refractivity contribution in [2.75, 3.05) is 0 Å². The Kier molecular flexibility index (Phi) is 7.94. The van der Waals surface area contributed by atoms with Gasteiger partial charge in [0.1, 0.15) is 22.4 Å². The van der Waals surface area contributed by atoms with Crippen molar-refractivity contribution in [1.82, 2.24) is 20.2 Å². The van der Waals surface area contributed by atoms with Crippen molar-refractivity contribution in [3.8, 4) is 11.4 Å². The van der Waals surface area contributed by atoms with Crippen LogP contribution in [0.3, 0.4) is 0 Å². The first-order valence-corrected chi connectivity index (χ1v) is 15.0. The average Bonchev–Trinajstić information content (AvgIpc) is 3.72. The van der Waals surface area contributed by atoms with Gasteiger partial charge < -0.3 is 24.7 Å². The number of carboxylic acids is 1. The van der Waals surface area contributed by atoms with Gasteiger partial charge in [0.25, 0.3) is 11.8 Å². The highest BCUT2D eigenvalue weighted by atomic mass is 32.2. The highest BCUT2D eigenvalue weighted by Crippen LogP contribution is 2.36. The molecule has 11 heteroatoms. The van der Waals surface area contributed by atoms with Crippen LogP contribution < -0.4 is 10.6 Å². The quantitative estimate of drug-likeness (QED) is 0.173. The number of carboxylic acid groups (broad SMARTS) is 1. The number of hydrogen-bond donors (Lipinski definition) is 3. The van der Waals surface area contributed by atoms with E-state index in [1.165, 1.54) is 18.2 Å². The molecule has 3 N–H and O–H groups in total. The van der Waals surface area contributed by atoms with Crippen molar-refractivity contribution in [2.45, 2.75) is 50.6 Å². The molecule has 1 unspecified atom stereocenters. The lowest BCUT2D eigenvalue weighted by molar-refractivity contribution is -0.139. The lowest BCUT2D eigenvalue weighted by atomic mass is 9.95. The Balaban J connectivity index is 1.20. The van der Waals surface area contributed by atoms with Crippen LogP contribution in [-0.4, -0.2) is 42.8 Å². The minimum absolute atomic E-state index is 0.0977. The lowest BCUT2D eigenvalue weighted by Gasteiger charge is -2.25. The van der Waals surface area contributed by atoms with E-state index in [9.17, 15) is 19.5 Å². The summed E-state index contributed by atoms with van der Waals surface area (Å²) in [6, 6.07) is 13.6. The van der Waals surface area contributed by atoms with Gasteiger partial charge in [0.2, 0.25) is 0 Å². The van der Waals surface area contributed by atoms with Crippen molar-refractivity contribution in [1.29, 1.82) is 0 Å². The van der Waals surface area contributed by atoms with Crippen LogP contribution >= 0.6 is 24.0 Å². The molecule has 3 heterocycles. The first-order valence-electron chi connectivity index (χ1n) is 13.8. The molecule has 4 aromatic rings.